The average molecular weight is 290 g/mol. The first-order valence-corrected chi connectivity index (χ1v) is 6.86. The number of aromatic amines is 1. The summed E-state index contributed by atoms with van der Waals surface area (Å²) in [5.74, 6) is 0. The molecule has 2 aromatic heterocycles. The van der Waals surface area contributed by atoms with Crippen molar-refractivity contribution in [3.63, 3.8) is 0 Å². The molecule has 0 saturated carbocycles. The summed E-state index contributed by atoms with van der Waals surface area (Å²) >= 11 is 1.16. The largest absolute Gasteiger partial charge is 0.344 e. The molecule has 0 unspecified atom stereocenters. The lowest BCUT2D eigenvalue weighted by atomic mass is 10.1. The third-order valence-corrected chi connectivity index (χ3v) is 3.86. The third kappa shape index (κ3) is 2.44. The van der Waals surface area contributed by atoms with Crippen molar-refractivity contribution in [3.05, 3.63) is 27.3 Å². The average Bonchev–Trinajstić information content (AvgIpc) is 2.75. The van der Waals surface area contributed by atoms with Crippen LogP contribution in [0.5, 0.6) is 0 Å². The first-order valence-electron chi connectivity index (χ1n) is 6.04. The molecule has 2 rings (SSSR count). The molecule has 0 aliphatic carbocycles. The van der Waals surface area contributed by atoms with Crippen LogP contribution in [0, 0.1) is 25.2 Å². The summed E-state index contributed by atoms with van der Waals surface area (Å²) in [4.78, 5) is 11.7. The van der Waals surface area contributed by atoms with Gasteiger partial charge in [-0.05, 0) is 45.0 Å². The van der Waals surface area contributed by atoms with E-state index in [0.717, 1.165) is 17.3 Å². The first kappa shape index (κ1) is 14.3. The van der Waals surface area contributed by atoms with E-state index in [1.54, 1.807) is 6.92 Å². The molecule has 8 heteroatoms. The molecule has 0 bridgehead atoms. The second kappa shape index (κ2) is 5.46. The minimum absolute atomic E-state index is 0.0335. The maximum Gasteiger partial charge on any atom is 0.344 e. The number of nitrogens with one attached hydrogen (secondary N) is 1. The summed E-state index contributed by atoms with van der Waals surface area (Å²) in [6.45, 7) is 7.40. The van der Waals surface area contributed by atoms with Gasteiger partial charge < -0.3 is 0 Å². The standard InChI is InChI=1S/C12H14N6OS/c1-6(2)18-11(19)16-17-12(18)20-10-9(5-13)7(3)8(4)14-15-10/h6H,1-4H3,(H,16,19). The van der Waals surface area contributed by atoms with Crippen molar-refractivity contribution in [1.82, 2.24) is 25.0 Å². The topological polar surface area (TPSA) is 100 Å². The molecule has 0 aliphatic heterocycles. The lowest BCUT2D eigenvalue weighted by Crippen LogP contribution is -2.19. The van der Waals surface area contributed by atoms with Gasteiger partial charge in [-0.3, -0.25) is 4.57 Å². The van der Waals surface area contributed by atoms with Crippen molar-refractivity contribution >= 4 is 11.8 Å². The van der Waals surface area contributed by atoms with Crippen LogP contribution in [0.2, 0.25) is 0 Å². The van der Waals surface area contributed by atoms with Crippen LogP contribution in [0.3, 0.4) is 0 Å². The smallest absolute Gasteiger partial charge is 0.267 e. The van der Waals surface area contributed by atoms with Crippen molar-refractivity contribution in [3.8, 4) is 6.07 Å². The molecule has 0 aliphatic rings. The van der Waals surface area contributed by atoms with Gasteiger partial charge in [0.05, 0.1) is 11.3 Å². The second-order valence-corrected chi connectivity index (χ2v) is 5.54. The van der Waals surface area contributed by atoms with E-state index in [0.29, 0.717) is 21.4 Å². The molecule has 1 N–H and O–H groups in total. The molecule has 2 aromatic rings. The highest BCUT2D eigenvalue weighted by atomic mass is 32.2. The molecule has 0 spiro atoms. The van der Waals surface area contributed by atoms with E-state index >= 15 is 0 Å². The second-order valence-electron chi connectivity index (χ2n) is 4.58. The van der Waals surface area contributed by atoms with Gasteiger partial charge in [-0.25, -0.2) is 9.89 Å². The zero-order chi connectivity index (χ0) is 14.9. The zero-order valence-corrected chi connectivity index (χ0v) is 12.4. The van der Waals surface area contributed by atoms with E-state index in [-0.39, 0.29) is 11.7 Å². The number of nitrogens with zero attached hydrogens (tertiary/aromatic N) is 5. The van der Waals surface area contributed by atoms with Crippen molar-refractivity contribution in [2.45, 2.75) is 43.9 Å². The van der Waals surface area contributed by atoms with Crippen LogP contribution >= 0.6 is 11.8 Å². The monoisotopic (exact) mass is 290 g/mol. The quantitative estimate of drug-likeness (QED) is 0.921. The van der Waals surface area contributed by atoms with Gasteiger partial charge in [-0.1, -0.05) is 0 Å². The maximum atomic E-state index is 11.7. The van der Waals surface area contributed by atoms with E-state index < -0.39 is 0 Å². The van der Waals surface area contributed by atoms with Gasteiger partial charge >= 0.3 is 5.69 Å². The fraction of sp³-hybridized carbons (Fsp3) is 0.417. The van der Waals surface area contributed by atoms with Crippen LogP contribution in [0.15, 0.2) is 15.0 Å². The van der Waals surface area contributed by atoms with Crippen molar-refractivity contribution in [2.75, 3.05) is 0 Å². The molecule has 0 amide bonds. The fourth-order valence-electron chi connectivity index (χ4n) is 1.69. The number of nitriles is 1. The zero-order valence-electron chi connectivity index (χ0n) is 11.6. The van der Waals surface area contributed by atoms with E-state index in [1.165, 1.54) is 4.57 Å². The number of H-pyrrole nitrogens is 1. The number of hydrogen-bond donors (Lipinski definition) is 1. The summed E-state index contributed by atoms with van der Waals surface area (Å²) in [5.41, 5.74) is 1.69. The molecule has 7 nitrogen and oxygen atoms in total. The highest BCUT2D eigenvalue weighted by Gasteiger charge is 2.17. The Labute approximate surface area is 120 Å². The normalized spacial score (nSPS) is 10.8. The van der Waals surface area contributed by atoms with Crippen LogP contribution in [0.25, 0.3) is 0 Å². The predicted octanol–water partition coefficient (Wildman–Crippen LogP) is 1.58. The number of rotatable bonds is 3. The Morgan fingerprint density at radius 3 is 2.65 bits per heavy atom. The maximum absolute atomic E-state index is 11.7. The Kier molecular flexibility index (Phi) is 3.90. The Bertz CT molecular complexity index is 739. The van der Waals surface area contributed by atoms with Gasteiger partial charge in [-0.15, -0.1) is 10.2 Å². The molecule has 0 fully saturated rings. The summed E-state index contributed by atoms with van der Waals surface area (Å²) in [5, 5.41) is 24.6. The lowest BCUT2D eigenvalue weighted by Gasteiger charge is -2.09. The van der Waals surface area contributed by atoms with Gasteiger partial charge in [0.15, 0.2) is 5.16 Å². The molecule has 0 atom stereocenters. The van der Waals surface area contributed by atoms with Gasteiger partial charge in [0.1, 0.15) is 11.1 Å². The van der Waals surface area contributed by atoms with E-state index in [9.17, 15) is 10.1 Å². The minimum Gasteiger partial charge on any atom is -0.267 e. The summed E-state index contributed by atoms with van der Waals surface area (Å²) in [6, 6.07) is 2.10. The molecule has 0 aromatic carbocycles. The van der Waals surface area contributed by atoms with Crippen LogP contribution < -0.4 is 5.69 Å². The molecular weight excluding hydrogens is 276 g/mol. The van der Waals surface area contributed by atoms with Crippen LogP contribution in [0.4, 0.5) is 0 Å². The highest BCUT2D eigenvalue weighted by molar-refractivity contribution is 7.99. The van der Waals surface area contributed by atoms with E-state index in [2.05, 4.69) is 26.5 Å². The first-order chi connectivity index (χ1) is 9.45. The summed E-state index contributed by atoms with van der Waals surface area (Å²) in [7, 11) is 0. The molecule has 20 heavy (non-hydrogen) atoms. The number of hydrogen-bond acceptors (Lipinski definition) is 6. The van der Waals surface area contributed by atoms with E-state index in [1.807, 2.05) is 20.8 Å². The van der Waals surface area contributed by atoms with Crippen LogP contribution in [0.1, 0.15) is 36.7 Å². The predicted molar refractivity (Wildman–Crippen MR) is 73.6 cm³/mol. The molecule has 0 radical (unpaired) electrons. The van der Waals surface area contributed by atoms with E-state index in [4.69, 9.17) is 0 Å². The highest BCUT2D eigenvalue weighted by Crippen LogP contribution is 2.29. The Morgan fingerprint density at radius 1 is 1.35 bits per heavy atom. The van der Waals surface area contributed by atoms with Gasteiger partial charge in [0.2, 0.25) is 0 Å². The Hall–Kier alpha value is -2.14. The fourth-order valence-corrected chi connectivity index (χ4v) is 2.73. The lowest BCUT2D eigenvalue weighted by molar-refractivity contribution is 0.533. The Balaban J connectivity index is 2.49. The van der Waals surface area contributed by atoms with Crippen molar-refractivity contribution in [1.29, 1.82) is 5.26 Å². The van der Waals surface area contributed by atoms with Crippen molar-refractivity contribution < 1.29 is 0 Å². The van der Waals surface area contributed by atoms with Gasteiger partial charge in [-0.2, -0.15) is 10.4 Å². The van der Waals surface area contributed by atoms with Gasteiger partial charge in [0, 0.05) is 6.04 Å². The number of aryl methyl sites for hydroxylation is 1. The van der Waals surface area contributed by atoms with Crippen molar-refractivity contribution in [2.24, 2.45) is 0 Å². The minimum atomic E-state index is -0.280. The number of aromatic nitrogens is 5. The Morgan fingerprint density at radius 2 is 2.05 bits per heavy atom. The SMILES string of the molecule is Cc1nnc(Sc2n[nH]c(=O)n2C(C)C)c(C#N)c1C. The molecule has 104 valence electrons. The molecular formula is C12H14N6OS. The third-order valence-electron chi connectivity index (χ3n) is 2.91. The molecule has 0 saturated heterocycles. The van der Waals surface area contributed by atoms with Gasteiger partial charge in [0.25, 0.3) is 0 Å². The summed E-state index contributed by atoms with van der Waals surface area (Å²) in [6.07, 6.45) is 0. The van der Waals surface area contributed by atoms with Crippen LogP contribution in [-0.2, 0) is 0 Å². The summed E-state index contributed by atoms with van der Waals surface area (Å²) < 4.78 is 1.52. The molecule has 2 heterocycles. The van der Waals surface area contributed by atoms with Crippen LogP contribution in [-0.4, -0.2) is 25.0 Å².